The summed E-state index contributed by atoms with van der Waals surface area (Å²) < 4.78 is 27.8. The summed E-state index contributed by atoms with van der Waals surface area (Å²) in [5.41, 5.74) is 0.287. The molecule has 0 bridgehead atoms. The molecular formula is C18H25BrF2. The average molecular weight is 359 g/mol. The fourth-order valence-electron chi connectivity index (χ4n) is 3.51. The molecule has 118 valence electrons. The van der Waals surface area contributed by atoms with E-state index >= 15 is 0 Å². The van der Waals surface area contributed by atoms with Crippen LogP contribution in [0, 0.1) is 23.0 Å². The zero-order valence-corrected chi connectivity index (χ0v) is 14.4. The molecule has 3 heteroatoms. The van der Waals surface area contributed by atoms with Crippen LogP contribution in [0.5, 0.6) is 0 Å². The molecule has 2 rings (SSSR count). The summed E-state index contributed by atoms with van der Waals surface area (Å²) in [5, 5.41) is 0.828. The van der Waals surface area contributed by atoms with E-state index in [0.29, 0.717) is 6.42 Å². The molecule has 1 aliphatic rings. The van der Waals surface area contributed by atoms with Crippen molar-refractivity contribution in [2.45, 2.75) is 58.3 Å². The quantitative estimate of drug-likeness (QED) is 0.525. The number of hydrogen-bond donors (Lipinski definition) is 0. The smallest absolute Gasteiger partial charge is 0.129 e. The number of rotatable bonds is 6. The zero-order chi connectivity index (χ0) is 15.3. The maximum absolute atomic E-state index is 13.9. The fraction of sp³-hybridized carbons (Fsp3) is 0.667. The van der Waals surface area contributed by atoms with E-state index < -0.39 is 11.6 Å². The molecule has 0 amide bonds. The molecule has 0 atom stereocenters. The van der Waals surface area contributed by atoms with Crippen LogP contribution in [0.4, 0.5) is 8.78 Å². The number of hydrogen-bond acceptors (Lipinski definition) is 0. The van der Waals surface area contributed by atoms with E-state index in [0.717, 1.165) is 24.1 Å². The lowest BCUT2D eigenvalue weighted by Crippen LogP contribution is -2.32. The van der Waals surface area contributed by atoms with Gasteiger partial charge in [-0.3, -0.25) is 0 Å². The maximum Gasteiger partial charge on any atom is 0.129 e. The van der Waals surface area contributed by atoms with Gasteiger partial charge in [-0.05, 0) is 55.6 Å². The summed E-state index contributed by atoms with van der Waals surface area (Å²) in [6.07, 6.45) is 8.90. The molecule has 0 heterocycles. The summed E-state index contributed by atoms with van der Waals surface area (Å²) >= 11 is 3.60. The minimum atomic E-state index is -0.400. The minimum Gasteiger partial charge on any atom is -0.207 e. The predicted octanol–water partition coefficient (Wildman–Crippen LogP) is 6.27. The van der Waals surface area contributed by atoms with Crippen LogP contribution in [-0.2, 0) is 6.42 Å². The van der Waals surface area contributed by atoms with Gasteiger partial charge in [-0.1, -0.05) is 48.2 Å². The first kappa shape index (κ1) is 16.9. The summed E-state index contributed by atoms with van der Waals surface area (Å²) in [6, 6.07) is 4.18. The number of alkyl halides is 1. The average Bonchev–Trinajstić information content (AvgIpc) is 2.50. The number of halogens is 3. The Hall–Kier alpha value is -0.440. The van der Waals surface area contributed by atoms with Crippen molar-refractivity contribution in [3.8, 4) is 0 Å². The largest absolute Gasteiger partial charge is 0.207 e. The summed E-state index contributed by atoms with van der Waals surface area (Å²) in [5.74, 6) is 0.00875. The molecule has 0 nitrogen and oxygen atoms in total. The van der Waals surface area contributed by atoms with Gasteiger partial charge in [-0.15, -0.1) is 0 Å². The molecule has 0 spiro atoms. The third-order valence-electron chi connectivity index (χ3n) is 5.03. The van der Waals surface area contributed by atoms with Gasteiger partial charge in [0, 0.05) is 10.9 Å². The maximum atomic E-state index is 13.9. The Morgan fingerprint density at radius 1 is 1.19 bits per heavy atom. The molecule has 1 saturated carbocycles. The van der Waals surface area contributed by atoms with E-state index in [1.807, 2.05) is 0 Å². The van der Waals surface area contributed by atoms with Crippen molar-refractivity contribution in [2.75, 3.05) is 5.33 Å². The van der Waals surface area contributed by atoms with Gasteiger partial charge in [0.15, 0.2) is 0 Å². The van der Waals surface area contributed by atoms with Crippen LogP contribution in [0.2, 0.25) is 0 Å². The van der Waals surface area contributed by atoms with Crippen LogP contribution in [0.3, 0.4) is 0 Å². The van der Waals surface area contributed by atoms with Crippen LogP contribution in [0.1, 0.15) is 57.4 Å². The topological polar surface area (TPSA) is 0 Å². The molecule has 0 unspecified atom stereocenters. The van der Waals surface area contributed by atoms with Gasteiger partial charge in [-0.25, -0.2) is 8.78 Å². The Morgan fingerprint density at radius 3 is 2.33 bits per heavy atom. The summed E-state index contributed by atoms with van der Waals surface area (Å²) in [6.45, 7) is 2.23. The molecule has 1 aromatic carbocycles. The van der Waals surface area contributed by atoms with Gasteiger partial charge in [0.1, 0.15) is 11.6 Å². The lowest BCUT2D eigenvalue weighted by molar-refractivity contribution is 0.166. The van der Waals surface area contributed by atoms with Crippen molar-refractivity contribution in [1.29, 1.82) is 0 Å². The molecule has 0 N–H and O–H groups in total. The molecule has 1 aromatic rings. The highest BCUT2D eigenvalue weighted by Gasteiger charge is 2.35. The van der Waals surface area contributed by atoms with Gasteiger partial charge in [0.25, 0.3) is 0 Å². The number of unbranched alkanes of at least 4 members (excludes halogenated alkanes) is 1. The van der Waals surface area contributed by atoms with Crippen molar-refractivity contribution in [3.63, 3.8) is 0 Å². The molecule has 21 heavy (non-hydrogen) atoms. The van der Waals surface area contributed by atoms with Crippen molar-refractivity contribution >= 4 is 15.9 Å². The second-order valence-electron chi connectivity index (χ2n) is 6.60. The van der Waals surface area contributed by atoms with Crippen molar-refractivity contribution in [3.05, 3.63) is 35.4 Å². The first-order valence-electron chi connectivity index (χ1n) is 8.09. The first-order valence-corrected chi connectivity index (χ1v) is 9.21. The van der Waals surface area contributed by atoms with Gasteiger partial charge in [-0.2, -0.15) is 0 Å². The van der Waals surface area contributed by atoms with Gasteiger partial charge >= 0.3 is 0 Å². The highest BCUT2D eigenvalue weighted by Crippen LogP contribution is 2.44. The van der Waals surface area contributed by atoms with Crippen molar-refractivity contribution in [1.82, 2.24) is 0 Å². The van der Waals surface area contributed by atoms with E-state index in [2.05, 4.69) is 22.9 Å². The van der Waals surface area contributed by atoms with Gasteiger partial charge in [0.05, 0.1) is 0 Å². The molecule has 0 saturated heterocycles. The molecule has 0 aromatic heterocycles. The SMILES string of the molecule is CCCCC1CCC(CBr)(Cc2c(F)cccc2F)CC1. The summed E-state index contributed by atoms with van der Waals surface area (Å²) in [7, 11) is 0. The second-order valence-corrected chi connectivity index (χ2v) is 7.16. The van der Waals surface area contributed by atoms with E-state index in [4.69, 9.17) is 0 Å². The van der Waals surface area contributed by atoms with Crippen LogP contribution in [0.25, 0.3) is 0 Å². The van der Waals surface area contributed by atoms with Crippen molar-refractivity contribution in [2.24, 2.45) is 11.3 Å². The normalized spacial score (nSPS) is 26.0. The van der Waals surface area contributed by atoms with E-state index in [-0.39, 0.29) is 11.0 Å². The highest BCUT2D eigenvalue weighted by atomic mass is 79.9. The second kappa shape index (κ2) is 7.71. The number of benzene rings is 1. The Balaban J connectivity index is 2.03. The van der Waals surface area contributed by atoms with Gasteiger partial charge < -0.3 is 0 Å². The lowest BCUT2D eigenvalue weighted by atomic mass is 9.68. The molecule has 0 aliphatic heterocycles. The minimum absolute atomic E-state index is 0.0196. The molecule has 0 radical (unpaired) electrons. The van der Waals surface area contributed by atoms with E-state index in [9.17, 15) is 8.78 Å². The first-order chi connectivity index (χ1) is 10.1. The highest BCUT2D eigenvalue weighted by molar-refractivity contribution is 9.09. The van der Waals surface area contributed by atoms with Crippen LogP contribution in [0.15, 0.2) is 18.2 Å². The van der Waals surface area contributed by atoms with Crippen LogP contribution >= 0.6 is 15.9 Å². The van der Waals surface area contributed by atoms with E-state index in [1.54, 1.807) is 0 Å². The van der Waals surface area contributed by atoms with Gasteiger partial charge in [0.2, 0.25) is 0 Å². The van der Waals surface area contributed by atoms with Crippen LogP contribution < -0.4 is 0 Å². The Kier molecular flexibility index (Phi) is 6.21. The lowest BCUT2D eigenvalue weighted by Gasteiger charge is -2.39. The Bertz CT molecular complexity index is 430. The summed E-state index contributed by atoms with van der Waals surface area (Å²) in [4.78, 5) is 0. The standard InChI is InChI=1S/C18H25BrF2/c1-2-3-5-14-8-10-18(13-19,11-9-14)12-15-16(20)6-4-7-17(15)21/h4,6-7,14H,2-3,5,8-13H2,1H3. The molecule has 1 aliphatic carbocycles. The third-order valence-corrected chi connectivity index (χ3v) is 6.22. The van der Waals surface area contributed by atoms with Crippen LogP contribution in [-0.4, -0.2) is 5.33 Å². The fourth-order valence-corrected chi connectivity index (χ4v) is 4.26. The molecular weight excluding hydrogens is 334 g/mol. The Morgan fingerprint density at radius 2 is 1.81 bits per heavy atom. The van der Waals surface area contributed by atoms with Crippen molar-refractivity contribution < 1.29 is 8.78 Å². The zero-order valence-electron chi connectivity index (χ0n) is 12.8. The predicted molar refractivity (Wildman–Crippen MR) is 87.8 cm³/mol. The monoisotopic (exact) mass is 358 g/mol. The molecule has 1 fully saturated rings. The Labute approximate surface area is 135 Å². The van der Waals surface area contributed by atoms with E-state index in [1.165, 1.54) is 50.3 Å². The third kappa shape index (κ3) is 4.28.